The van der Waals surface area contributed by atoms with Crippen molar-refractivity contribution in [2.75, 3.05) is 0 Å². The second-order valence-corrected chi connectivity index (χ2v) is 4.21. The third kappa shape index (κ3) is 2.47. The molecule has 3 N–H and O–H groups in total. The zero-order valence-corrected chi connectivity index (χ0v) is 9.25. The molecular formula is C11H16ClNO. The summed E-state index contributed by atoms with van der Waals surface area (Å²) in [5.41, 5.74) is 7.81. The fraction of sp³-hybridized carbons (Fsp3) is 0.455. The van der Waals surface area contributed by atoms with Gasteiger partial charge in [0.15, 0.2) is 0 Å². The lowest BCUT2D eigenvalue weighted by atomic mass is 9.93. The Morgan fingerprint density at radius 2 is 2.07 bits per heavy atom. The zero-order valence-electron chi connectivity index (χ0n) is 8.50. The topological polar surface area (TPSA) is 46.2 Å². The molecule has 0 radical (unpaired) electrons. The van der Waals surface area contributed by atoms with Gasteiger partial charge in [-0.15, -0.1) is 0 Å². The van der Waals surface area contributed by atoms with Crippen LogP contribution >= 0.6 is 11.6 Å². The average Bonchev–Trinajstić information content (AvgIpc) is 2.16. The number of nitrogens with two attached hydrogens (primary N) is 1. The van der Waals surface area contributed by atoms with Crippen molar-refractivity contribution in [2.24, 2.45) is 11.7 Å². The van der Waals surface area contributed by atoms with Crippen LogP contribution in [0.15, 0.2) is 18.2 Å². The van der Waals surface area contributed by atoms with Gasteiger partial charge in [0.25, 0.3) is 0 Å². The molecule has 0 heterocycles. The summed E-state index contributed by atoms with van der Waals surface area (Å²) in [5.74, 6) is 0.349. The number of aliphatic hydroxyl groups excluding tert-OH is 1. The molecule has 0 unspecified atom stereocenters. The van der Waals surface area contributed by atoms with E-state index in [2.05, 4.69) is 13.8 Å². The van der Waals surface area contributed by atoms with Gasteiger partial charge < -0.3 is 10.8 Å². The van der Waals surface area contributed by atoms with Crippen molar-refractivity contribution in [1.82, 2.24) is 0 Å². The third-order valence-electron chi connectivity index (χ3n) is 2.35. The first kappa shape index (κ1) is 11.5. The maximum absolute atomic E-state index is 9.16. The summed E-state index contributed by atoms with van der Waals surface area (Å²) in [6, 6.07) is 5.41. The van der Waals surface area contributed by atoms with E-state index in [9.17, 15) is 0 Å². The Labute approximate surface area is 89.7 Å². The minimum atomic E-state index is -0.0468. The fourth-order valence-corrected chi connectivity index (χ4v) is 1.59. The van der Waals surface area contributed by atoms with Crippen LogP contribution in [-0.2, 0) is 6.61 Å². The highest BCUT2D eigenvalue weighted by atomic mass is 35.5. The van der Waals surface area contributed by atoms with Crippen LogP contribution in [0.5, 0.6) is 0 Å². The normalized spacial score (nSPS) is 13.3. The minimum absolute atomic E-state index is 0.0175. The van der Waals surface area contributed by atoms with E-state index in [0.717, 1.165) is 11.1 Å². The molecular weight excluding hydrogens is 198 g/mol. The number of halogens is 1. The quantitative estimate of drug-likeness (QED) is 0.811. The van der Waals surface area contributed by atoms with E-state index >= 15 is 0 Å². The van der Waals surface area contributed by atoms with Gasteiger partial charge in [0.2, 0.25) is 0 Å². The third-order valence-corrected chi connectivity index (χ3v) is 2.59. The largest absolute Gasteiger partial charge is 0.392 e. The van der Waals surface area contributed by atoms with E-state index in [-0.39, 0.29) is 12.6 Å². The number of benzene rings is 1. The monoisotopic (exact) mass is 213 g/mol. The zero-order chi connectivity index (χ0) is 10.7. The molecule has 3 heteroatoms. The molecule has 0 saturated carbocycles. The van der Waals surface area contributed by atoms with E-state index in [0.29, 0.717) is 10.9 Å². The van der Waals surface area contributed by atoms with Gasteiger partial charge >= 0.3 is 0 Å². The Balaban J connectivity index is 3.07. The molecule has 0 aliphatic rings. The lowest BCUT2D eigenvalue weighted by molar-refractivity contribution is 0.279. The molecule has 0 saturated heterocycles. The Bertz CT molecular complexity index is 312. The minimum Gasteiger partial charge on any atom is -0.392 e. The molecule has 0 bridgehead atoms. The van der Waals surface area contributed by atoms with Crippen molar-refractivity contribution in [2.45, 2.75) is 26.5 Å². The highest BCUT2D eigenvalue weighted by Crippen LogP contribution is 2.25. The summed E-state index contributed by atoms with van der Waals surface area (Å²) in [4.78, 5) is 0. The van der Waals surface area contributed by atoms with Crippen LogP contribution in [0.3, 0.4) is 0 Å². The summed E-state index contributed by atoms with van der Waals surface area (Å²) < 4.78 is 0. The molecule has 1 aromatic carbocycles. The van der Waals surface area contributed by atoms with Crippen molar-refractivity contribution in [3.05, 3.63) is 34.3 Å². The molecule has 78 valence electrons. The highest BCUT2D eigenvalue weighted by molar-refractivity contribution is 6.30. The first-order valence-electron chi connectivity index (χ1n) is 4.71. The molecule has 0 spiro atoms. The molecule has 0 aliphatic heterocycles. The van der Waals surface area contributed by atoms with Crippen LogP contribution in [0, 0.1) is 5.92 Å². The van der Waals surface area contributed by atoms with Crippen molar-refractivity contribution in [3.8, 4) is 0 Å². The van der Waals surface area contributed by atoms with Gasteiger partial charge in [-0.2, -0.15) is 0 Å². The Morgan fingerprint density at radius 1 is 1.43 bits per heavy atom. The molecule has 0 amide bonds. The lowest BCUT2D eigenvalue weighted by Crippen LogP contribution is -2.18. The van der Waals surface area contributed by atoms with Crippen LogP contribution in [0.25, 0.3) is 0 Å². The van der Waals surface area contributed by atoms with Gasteiger partial charge in [-0.05, 0) is 29.2 Å². The van der Waals surface area contributed by atoms with Crippen molar-refractivity contribution in [3.63, 3.8) is 0 Å². The van der Waals surface area contributed by atoms with E-state index in [1.807, 2.05) is 6.07 Å². The predicted octanol–water partition coefficient (Wildman–Crippen LogP) is 2.49. The van der Waals surface area contributed by atoms with Crippen LogP contribution in [0.1, 0.15) is 31.0 Å². The van der Waals surface area contributed by atoms with Crippen LogP contribution < -0.4 is 5.73 Å². The molecule has 0 fully saturated rings. The van der Waals surface area contributed by atoms with Crippen molar-refractivity contribution < 1.29 is 5.11 Å². The SMILES string of the molecule is CC(C)[C@H](N)c1ccc(Cl)cc1CO. The molecule has 0 aromatic heterocycles. The molecule has 1 atom stereocenters. The number of hydrogen-bond donors (Lipinski definition) is 2. The van der Waals surface area contributed by atoms with Crippen LogP contribution in [0.4, 0.5) is 0 Å². The smallest absolute Gasteiger partial charge is 0.0685 e. The van der Waals surface area contributed by atoms with Crippen LogP contribution in [0.2, 0.25) is 5.02 Å². The molecule has 2 nitrogen and oxygen atoms in total. The average molecular weight is 214 g/mol. The fourth-order valence-electron chi connectivity index (χ4n) is 1.40. The van der Waals surface area contributed by atoms with Crippen molar-refractivity contribution in [1.29, 1.82) is 0 Å². The van der Waals surface area contributed by atoms with Gasteiger partial charge in [0.1, 0.15) is 0 Å². The first-order valence-corrected chi connectivity index (χ1v) is 5.08. The molecule has 1 rings (SSSR count). The van der Waals surface area contributed by atoms with Crippen molar-refractivity contribution >= 4 is 11.6 Å². The van der Waals surface area contributed by atoms with Gasteiger partial charge in [0, 0.05) is 11.1 Å². The predicted molar refractivity (Wildman–Crippen MR) is 59.1 cm³/mol. The maximum Gasteiger partial charge on any atom is 0.0685 e. The van der Waals surface area contributed by atoms with Gasteiger partial charge in [-0.3, -0.25) is 0 Å². The van der Waals surface area contributed by atoms with Gasteiger partial charge in [0.05, 0.1) is 6.61 Å². The van der Waals surface area contributed by atoms with E-state index < -0.39 is 0 Å². The van der Waals surface area contributed by atoms with Gasteiger partial charge in [-0.25, -0.2) is 0 Å². The first-order chi connectivity index (χ1) is 6.56. The van der Waals surface area contributed by atoms with E-state index in [1.165, 1.54) is 0 Å². The lowest BCUT2D eigenvalue weighted by Gasteiger charge is -2.19. The van der Waals surface area contributed by atoms with E-state index in [4.69, 9.17) is 22.4 Å². The summed E-state index contributed by atoms with van der Waals surface area (Å²) >= 11 is 5.83. The highest BCUT2D eigenvalue weighted by Gasteiger charge is 2.14. The Kier molecular flexibility index (Phi) is 3.93. The summed E-state index contributed by atoms with van der Waals surface area (Å²) in [6.07, 6.45) is 0. The number of hydrogen-bond acceptors (Lipinski definition) is 2. The molecule has 1 aromatic rings. The molecule has 14 heavy (non-hydrogen) atoms. The number of aliphatic hydroxyl groups is 1. The molecule has 0 aliphatic carbocycles. The maximum atomic E-state index is 9.16. The summed E-state index contributed by atoms with van der Waals surface area (Å²) in [6.45, 7) is 4.09. The number of rotatable bonds is 3. The van der Waals surface area contributed by atoms with Gasteiger partial charge in [-0.1, -0.05) is 31.5 Å². The second kappa shape index (κ2) is 4.78. The summed E-state index contributed by atoms with van der Waals surface area (Å²) in [7, 11) is 0. The Morgan fingerprint density at radius 3 is 2.57 bits per heavy atom. The summed E-state index contributed by atoms with van der Waals surface area (Å²) in [5, 5.41) is 9.79. The Hall–Kier alpha value is -0.570. The van der Waals surface area contributed by atoms with E-state index in [1.54, 1.807) is 12.1 Å². The second-order valence-electron chi connectivity index (χ2n) is 3.77. The van der Waals surface area contributed by atoms with Crippen LogP contribution in [-0.4, -0.2) is 5.11 Å². The standard InChI is InChI=1S/C11H16ClNO/c1-7(2)11(13)10-4-3-9(12)5-8(10)6-14/h3-5,7,11,14H,6,13H2,1-2H3/t11-/m0/s1.